The zero-order valence-corrected chi connectivity index (χ0v) is 16.6. The number of fused-ring (bicyclic) bond motifs is 2. The molecule has 1 aromatic carbocycles. The van der Waals surface area contributed by atoms with E-state index in [0.29, 0.717) is 10.6 Å². The van der Waals surface area contributed by atoms with E-state index in [0.717, 1.165) is 34.5 Å². The molecule has 0 radical (unpaired) electrons. The molecule has 3 aromatic rings. The van der Waals surface area contributed by atoms with E-state index in [1.807, 2.05) is 37.3 Å². The second kappa shape index (κ2) is 7.31. The number of rotatable bonds is 4. The number of nitrogen functional groups attached to an aromatic ring is 1. The molecule has 0 saturated heterocycles. The number of amides is 1. The number of pyridine rings is 1. The number of nitrogens with zero attached hydrogens (tertiary/aromatic N) is 1. The molecule has 2 aromatic heterocycles. The standard InChI is InChI=1S/C22H25N3OS/c1-3-14-9-10-18-16(11-14)12-17-19(23)20(27-22(17)25-18)21(26)24-13(2)15-7-5-4-6-8-15/h4-8,12-14H,3,9-11,23H2,1-2H3,(H,24,26)/t13-,14+/m0/s1. The zero-order valence-electron chi connectivity index (χ0n) is 15.8. The lowest BCUT2D eigenvalue weighted by atomic mass is 9.85. The van der Waals surface area contributed by atoms with E-state index in [-0.39, 0.29) is 11.9 Å². The van der Waals surface area contributed by atoms with Crippen LogP contribution in [0.15, 0.2) is 36.4 Å². The first-order chi connectivity index (χ1) is 13.1. The number of nitrogens with one attached hydrogen (secondary N) is 1. The topological polar surface area (TPSA) is 68.0 Å². The lowest BCUT2D eigenvalue weighted by Crippen LogP contribution is -2.26. The van der Waals surface area contributed by atoms with Crippen molar-refractivity contribution in [2.24, 2.45) is 5.92 Å². The SMILES string of the molecule is CC[C@@H]1CCc2nc3sc(C(=O)N[C@@H](C)c4ccccc4)c(N)c3cc2C1. The molecule has 1 aliphatic carbocycles. The highest BCUT2D eigenvalue weighted by Crippen LogP contribution is 2.37. The van der Waals surface area contributed by atoms with Crippen LogP contribution in [0.3, 0.4) is 0 Å². The van der Waals surface area contributed by atoms with Gasteiger partial charge < -0.3 is 11.1 Å². The number of benzene rings is 1. The Bertz CT molecular complexity index is 980. The van der Waals surface area contributed by atoms with Crippen LogP contribution in [0, 0.1) is 5.92 Å². The lowest BCUT2D eigenvalue weighted by Gasteiger charge is -2.22. The van der Waals surface area contributed by atoms with Crippen LogP contribution in [0.1, 0.15) is 59.2 Å². The Morgan fingerprint density at radius 3 is 2.89 bits per heavy atom. The lowest BCUT2D eigenvalue weighted by molar-refractivity contribution is 0.0945. The van der Waals surface area contributed by atoms with Gasteiger partial charge in [0.15, 0.2) is 0 Å². The van der Waals surface area contributed by atoms with Crippen LogP contribution < -0.4 is 11.1 Å². The molecule has 0 spiro atoms. The first-order valence-electron chi connectivity index (χ1n) is 9.63. The van der Waals surface area contributed by atoms with Gasteiger partial charge in [-0.2, -0.15) is 0 Å². The molecule has 0 saturated carbocycles. The van der Waals surface area contributed by atoms with E-state index in [1.54, 1.807) is 0 Å². The van der Waals surface area contributed by atoms with Gasteiger partial charge in [-0.25, -0.2) is 4.98 Å². The summed E-state index contributed by atoms with van der Waals surface area (Å²) in [6.45, 7) is 4.23. The number of hydrogen-bond acceptors (Lipinski definition) is 4. The molecule has 3 N–H and O–H groups in total. The molecule has 0 unspecified atom stereocenters. The summed E-state index contributed by atoms with van der Waals surface area (Å²) in [7, 11) is 0. The molecule has 27 heavy (non-hydrogen) atoms. The van der Waals surface area contributed by atoms with Gasteiger partial charge in [0.25, 0.3) is 5.91 Å². The van der Waals surface area contributed by atoms with Crippen molar-refractivity contribution >= 4 is 33.1 Å². The molecule has 4 nitrogen and oxygen atoms in total. The van der Waals surface area contributed by atoms with E-state index >= 15 is 0 Å². The second-order valence-corrected chi connectivity index (χ2v) is 8.41. The van der Waals surface area contributed by atoms with Crippen LogP contribution in [-0.4, -0.2) is 10.9 Å². The minimum atomic E-state index is -0.128. The maximum Gasteiger partial charge on any atom is 0.264 e. The first-order valence-corrected chi connectivity index (χ1v) is 10.4. The van der Waals surface area contributed by atoms with Crippen LogP contribution in [0.2, 0.25) is 0 Å². The van der Waals surface area contributed by atoms with Crippen molar-refractivity contribution in [2.45, 2.75) is 45.6 Å². The minimum absolute atomic E-state index is 0.0743. The normalized spacial score (nSPS) is 17.5. The van der Waals surface area contributed by atoms with Crippen molar-refractivity contribution in [2.75, 3.05) is 5.73 Å². The number of carbonyl (C=O) groups is 1. The van der Waals surface area contributed by atoms with E-state index < -0.39 is 0 Å². The van der Waals surface area contributed by atoms with Gasteiger partial charge in [-0.15, -0.1) is 11.3 Å². The third-order valence-electron chi connectivity index (χ3n) is 5.62. The fraction of sp³-hybridized carbons (Fsp3) is 0.364. The second-order valence-electron chi connectivity index (χ2n) is 7.41. The molecule has 0 aliphatic heterocycles. The number of thiophene rings is 1. The van der Waals surface area contributed by atoms with Crippen molar-refractivity contribution in [3.8, 4) is 0 Å². The number of nitrogens with two attached hydrogens (primary N) is 1. The predicted molar refractivity (Wildman–Crippen MR) is 112 cm³/mol. The van der Waals surface area contributed by atoms with Gasteiger partial charge in [0.2, 0.25) is 0 Å². The maximum absolute atomic E-state index is 12.8. The van der Waals surface area contributed by atoms with Crippen molar-refractivity contribution in [3.05, 3.63) is 58.1 Å². The zero-order chi connectivity index (χ0) is 19.0. The molecule has 4 rings (SSSR count). The largest absolute Gasteiger partial charge is 0.397 e. The molecule has 0 bridgehead atoms. The number of aryl methyl sites for hydroxylation is 1. The highest BCUT2D eigenvalue weighted by Gasteiger charge is 2.23. The minimum Gasteiger partial charge on any atom is -0.397 e. The van der Waals surface area contributed by atoms with E-state index in [2.05, 4.69) is 18.3 Å². The summed E-state index contributed by atoms with van der Waals surface area (Å²) >= 11 is 1.40. The molecular formula is C22H25N3OS. The molecular weight excluding hydrogens is 354 g/mol. The summed E-state index contributed by atoms with van der Waals surface area (Å²) in [6, 6.07) is 12.0. The summed E-state index contributed by atoms with van der Waals surface area (Å²) in [5.74, 6) is 0.599. The Kier molecular flexibility index (Phi) is 4.87. The third kappa shape index (κ3) is 3.44. The average Bonchev–Trinajstić information content (AvgIpc) is 3.02. The van der Waals surface area contributed by atoms with Gasteiger partial charge in [-0.05, 0) is 49.3 Å². The quantitative estimate of drug-likeness (QED) is 0.678. The first kappa shape index (κ1) is 18.0. The predicted octanol–water partition coefficient (Wildman–Crippen LogP) is 4.88. The van der Waals surface area contributed by atoms with E-state index in [4.69, 9.17) is 10.7 Å². The number of hydrogen-bond donors (Lipinski definition) is 2. The molecule has 1 amide bonds. The highest BCUT2D eigenvalue weighted by molar-refractivity contribution is 7.21. The van der Waals surface area contributed by atoms with Crippen LogP contribution >= 0.6 is 11.3 Å². The Morgan fingerprint density at radius 2 is 2.15 bits per heavy atom. The fourth-order valence-electron chi connectivity index (χ4n) is 3.87. The van der Waals surface area contributed by atoms with Crippen molar-refractivity contribution in [1.29, 1.82) is 0 Å². The van der Waals surface area contributed by atoms with Gasteiger partial charge in [0.1, 0.15) is 9.71 Å². The summed E-state index contributed by atoms with van der Waals surface area (Å²) in [5.41, 5.74) is 10.5. The summed E-state index contributed by atoms with van der Waals surface area (Å²) < 4.78 is 0. The van der Waals surface area contributed by atoms with Crippen molar-refractivity contribution in [1.82, 2.24) is 10.3 Å². The third-order valence-corrected chi connectivity index (χ3v) is 6.73. The molecule has 140 valence electrons. The monoisotopic (exact) mass is 379 g/mol. The number of anilines is 1. The van der Waals surface area contributed by atoms with Gasteiger partial charge in [0, 0.05) is 11.1 Å². The maximum atomic E-state index is 12.8. The summed E-state index contributed by atoms with van der Waals surface area (Å²) in [4.78, 5) is 19.1. The number of aromatic nitrogens is 1. The Balaban J connectivity index is 1.62. The van der Waals surface area contributed by atoms with Crippen molar-refractivity contribution in [3.63, 3.8) is 0 Å². The van der Waals surface area contributed by atoms with E-state index in [9.17, 15) is 4.79 Å². The molecule has 5 heteroatoms. The Hall–Kier alpha value is -2.40. The fourth-order valence-corrected chi connectivity index (χ4v) is 4.87. The van der Waals surface area contributed by atoms with E-state index in [1.165, 1.54) is 35.4 Å². The molecule has 1 aliphatic rings. The smallest absolute Gasteiger partial charge is 0.264 e. The van der Waals surface area contributed by atoms with Gasteiger partial charge >= 0.3 is 0 Å². The van der Waals surface area contributed by atoms with Crippen LogP contribution in [0.5, 0.6) is 0 Å². The Morgan fingerprint density at radius 1 is 1.37 bits per heavy atom. The van der Waals surface area contributed by atoms with Gasteiger partial charge in [-0.1, -0.05) is 43.7 Å². The van der Waals surface area contributed by atoms with Crippen LogP contribution in [-0.2, 0) is 12.8 Å². The molecule has 2 atom stereocenters. The average molecular weight is 380 g/mol. The highest BCUT2D eigenvalue weighted by atomic mass is 32.1. The summed E-state index contributed by atoms with van der Waals surface area (Å²) in [5, 5.41) is 3.99. The van der Waals surface area contributed by atoms with Crippen LogP contribution in [0.4, 0.5) is 5.69 Å². The summed E-state index contributed by atoms with van der Waals surface area (Å²) in [6.07, 6.45) is 4.48. The molecule has 0 fully saturated rings. The Labute approximate surface area is 163 Å². The van der Waals surface area contributed by atoms with Crippen molar-refractivity contribution < 1.29 is 4.79 Å². The van der Waals surface area contributed by atoms with Crippen LogP contribution in [0.25, 0.3) is 10.2 Å². The van der Waals surface area contributed by atoms with Gasteiger partial charge in [-0.3, -0.25) is 4.79 Å². The molecule has 2 heterocycles. The van der Waals surface area contributed by atoms with Gasteiger partial charge in [0.05, 0.1) is 11.7 Å². The number of carbonyl (C=O) groups excluding carboxylic acids is 1.